The molecule has 1 aliphatic heterocycles. The van der Waals surface area contributed by atoms with Crippen LogP contribution in [0.4, 0.5) is 5.69 Å². The van der Waals surface area contributed by atoms with Crippen molar-refractivity contribution >= 4 is 11.6 Å². The molecule has 0 fully saturated rings. The zero-order valence-corrected chi connectivity index (χ0v) is 17.9. The Morgan fingerprint density at radius 3 is 2.38 bits per heavy atom. The van der Waals surface area contributed by atoms with E-state index in [0.29, 0.717) is 12.1 Å². The smallest absolute Gasteiger partial charge is 0.251 e. The summed E-state index contributed by atoms with van der Waals surface area (Å²) in [6.07, 6.45) is 5.53. The van der Waals surface area contributed by atoms with Gasteiger partial charge in [0.25, 0.3) is 5.91 Å². The molecule has 2 heterocycles. The standard InChI is InChI=1S/C27H26N4O/c32-27(28-17-14-21-6-10-26(11-7-21)31-18-3-16-29-31)23-8-12-25(13-9-23)30-19-15-22-4-1-2-5-24(22)20-30/h1-13,16,18H,14-15,17,19-20H2,(H,28,32). The van der Waals surface area contributed by atoms with E-state index in [4.69, 9.17) is 0 Å². The third-order valence-corrected chi connectivity index (χ3v) is 6.03. The number of hydrogen-bond donors (Lipinski definition) is 1. The Kier molecular flexibility index (Phi) is 5.71. The lowest BCUT2D eigenvalue weighted by Crippen LogP contribution is -2.30. The van der Waals surface area contributed by atoms with Crippen LogP contribution < -0.4 is 10.2 Å². The lowest BCUT2D eigenvalue weighted by molar-refractivity contribution is 0.0954. The summed E-state index contributed by atoms with van der Waals surface area (Å²) in [6.45, 7) is 2.52. The highest BCUT2D eigenvalue weighted by Crippen LogP contribution is 2.24. The van der Waals surface area contributed by atoms with Crippen molar-refractivity contribution in [1.82, 2.24) is 15.1 Å². The normalized spacial score (nSPS) is 12.9. The van der Waals surface area contributed by atoms with Gasteiger partial charge in [-0.05, 0) is 72.0 Å². The number of rotatable bonds is 6. The molecule has 1 aliphatic rings. The Balaban J connectivity index is 1.14. The minimum Gasteiger partial charge on any atom is -0.367 e. The molecule has 0 radical (unpaired) electrons. The summed E-state index contributed by atoms with van der Waals surface area (Å²) < 4.78 is 1.83. The van der Waals surface area contributed by atoms with Crippen LogP contribution in [0.15, 0.2) is 91.3 Å². The minimum atomic E-state index is -0.0336. The highest BCUT2D eigenvalue weighted by atomic mass is 16.1. The van der Waals surface area contributed by atoms with Crippen molar-refractivity contribution in [1.29, 1.82) is 0 Å². The molecule has 160 valence electrons. The molecule has 0 saturated heterocycles. The lowest BCUT2D eigenvalue weighted by atomic mass is 9.99. The second-order valence-electron chi connectivity index (χ2n) is 8.11. The Morgan fingerprint density at radius 1 is 0.875 bits per heavy atom. The molecule has 5 rings (SSSR count). The lowest BCUT2D eigenvalue weighted by Gasteiger charge is -2.30. The molecular formula is C27H26N4O. The summed E-state index contributed by atoms with van der Waals surface area (Å²) in [5.74, 6) is -0.0336. The van der Waals surface area contributed by atoms with E-state index in [0.717, 1.165) is 37.3 Å². The van der Waals surface area contributed by atoms with Crippen molar-refractivity contribution < 1.29 is 4.79 Å². The first-order chi connectivity index (χ1) is 15.8. The zero-order valence-electron chi connectivity index (χ0n) is 17.9. The zero-order chi connectivity index (χ0) is 21.8. The van der Waals surface area contributed by atoms with E-state index < -0.39 is 0 Å². The number of nitrogens with one attached hydrogen (secondary N) is 1. The van der Waals surface area contributed by atoms with Gasteiger partial charge in [0.15, 0.2) is 0 Å². The van der Waals surface area contributed by atoms with Gasteiger partial charge in [-0.25, -0.2) is 4.68 Å². The molecular weight excluding hydrogens is 396 g/mol. The fraction of sp³-hybridized carbons (Fsp3) is 0.185. The number of anilines is 1. The topological polar surface area (TPSA) is 50.2 Å². The Labute approximate surface area is 188 Å². The summed E-state index contributed by atoms with van der Waals surface area (Å²) in [7, 11) is 0. The first-order valence-corrected chi connectivity index (χ1v) is 11.1. The molecule has 0 bridgehead atoms. The van der Waals surface area contributed by atoms with Gasteiger partial charge in [0.05, 0.1) is 5.69 Å². The molecule has 32 heavy (non-hydrogen) atoms. The van der Waals surface area contributed by atoms with Crippen molar-refractivity contribution in [2.75, 3.05) is 18.0 Å². The Hall–Kier alpha value is -3.86. The second kappa shape index (κ2) is 9.10. The number of hydrogen-bond acceptors (Lipinski definition) is 3. The molecule has 3 aromatic carbocycles. The molecule has 1 N–H and O–H groups in total. The SMILES string of the molecule is O=C(NCCc1ccc(-n2cccn2)cc1)c1ccc(N2CCc3ccccc3C2)cc1. The molecule has 1 amide bonds. The fourth-order valence-corrected chi connectivity index (χ4v) is 4.20. The third-order valence-electron chi connectivity index (χ3n) is 6.03. The number of benzene rings is 3. The van der Waals surface area contributed by atoms with Crippen LogP contribution in [0.5, 0.6) is 0 Å². The van der Waals surface area contributed by atoms with E-state index >= 15 is 0 Å². The van der Waals surface area contributed by atoms with Gasteiger partial charge in [0, 0.05) is 43.3 Å². The van der Waals surface area contributed by atoms with Gasteiger partial charge in [-0.2, -0.15) is 5.10 Å². The number of nitrogens with zero attached hydrogens (tertiary/aromatic N) is 3. The quantitative estimate of drug-likeness (QED) is 0.501. The van der Waals surface area contributed by atoms with Gasteiger partial charge in [-0.1, -0.05) is 36.4 Å². The largest absolute Gasteiger partial charge is 0.367 e. The van der Waals surface area contributed by atoms with E-state index in [2.05, 4.69) is 63.8 Å². The maximum atomic E-state index is 12.6. The van der Waals surface area contributed by atoms with Crippen molar-refractivity contribution in [3.8, 4) is 5.69 Å². The maximum Gasteiger partial charge on any atom is 0.251 e. The summed E-state index contributed by atoms with van der Waals surface area (Å²) in [4.78, 5) is 14.9. The van der Waals surface area contributed by atoms with Gasteiger partial charge in [-0.3, -0.25) is 4.79 Å². The molecule has 5 heteroatoms. The summed E-state index contributed by atoms with van der Waals surface area (Å²) >= 11 is 0. The first kappa shape index (κ1) is 20.1. The molecule has 0 aliphatic carbocycles. The van der Waals surface area contributed by atoms with Crippen LogP contribution >= 0.6 is 0 Å². The van der Waals surface area contributed by atoms with Crippen molar-refractivity contribution in [3.63, 3.8) is 0 Å². The van der Waals surface area contributed by atoms with E-state index in [-0.39, 0.29) is 5.91 Å². The van der Waals surface area contributed by atoms with Gasteiger partial charge in [0.1, 0.15) is 0 Å². The number of fused-ring (bicyclic) bond motifs is 1. The molecule has 0 unspecified atom stereocenters. The number of aromatic nitrogens is 2. The first-order valence-electron chi connectivity index (χ1n) is 11.1. The average Bonchev–Trinajstić information content (AvgIpc) is 3.39. The van der Waals surface area contributed by atoms with Gasteiger partial charge >= 0.3 is 0 Å². The molecule has 0 saturated carbocycles. The molecule has 5 nitrogen and oxygen atoms in total. The van der Waals surface area contributed by atoms with Crippen LogP contribution in [0.2, 0.25) is 0 Å². The van der Waals surface area contributed by atoms with Crippen LogP contribution in [0.1, 0.15) is 27.0 Å². The maximum absolute atomic E-state index is 12.6. The van der Waals surface area contributed by atoms with Crippen LogP contribution in [0.25, 0.3) is 5.69 Å². The van der Waals surface area contributed by atoms with Crippen molar-refractivity contribution in [2.24, 2.45) is 0 Å². The molecule has 1 aromatic heterocycles. The summed E-state index contributed by atoms with van der Waals surface area (Å²) in [5.41, 5.74) is 6.89. The predicted octanol–water partition coefficient (Wildman–Crippen LogP) is 4.41. The Bertz CT molecular complexity index is 1180. The molecule has 0 atom stereocenters. The highest BCUT2D eigenvalue weighted by Gasteiger charge is 2.16. The summed E-state index contributed by atoms with van der Waals surface area (Å²) in [6, 6.07) is 26.7. The van der Waals surface area contributed by atoms with E-state index in [1.54, 1.807) is 6.20 Å². The van der Waals surface area contributed by atoms with Crippen LogP contribution in [0, 0.1) is 0 Å². The minimum absolute atomic E-state index is 0.0336. The highest BCUT2D eigenvalue weighted by molar-refractivity contribution is 5.94. The summed E-state index contributed by atoms with van der Waals surface area (Å²) in [5, 5.41) is 7.27. The van der Waals surface area contributed by atoms with Gasteiger partial charge in [-0.15, -0.1) is 0 Å². The van der Waals surface area contributed by atoms with Crippen LogP contribution in [0.3, 0.4) is 0 Å². The number of carbonyl (C=O) groups is 1. The fourth-order valence-electron chi connectivity index (χ4n) is 4.20. The van der Waals surface area contributed by atoms with Crippen molar-refractivity contribution in [2.45, 2.75) is 19.4 Å². The average molecular weight is 423 g/mol. The van der Waals surface area contributed by atoms with Gasteiger partial charge < -0.3 is 10.2 Å². The van der Waals surface area contributed by atoms with Crippen LogP contribution in [-0.4, -0.2) is 28.8 Å². The van der Waals surface area contributed by atoms with Crippen LogP contribution in [-0.2, 0) is 19.4 Å². The number of carbonyl (C=O) groups excluding carboxylic acids is 1. The molecule has 0 spiro atoms. The Morgan fingerprint density at radius 2 is 1.62 bits per heavy atom. The van der Waals surface area contributed by atoms with Crippen molar-refractivity contribution in [3.05, 3.63) is 114 Å². The predicted molar refractivity (Wildman–Crippen MR) is 127 cm³/mol. The van der Waals surface area contributed by atoms with Gasteiger partial charge in [0.2, 0.25) is 0 Å². The van der Waals surface area contributed by atoms with E-state index in [1.165, 1.54) is 16.7 Å². The monoisotopic (exact) mass is 422 g/mol. The van der Waals surface area contributed by atoms with E-state index in [9.17, 15) is 4.79 Å². The molecule has 4 aromatic rings. The number of amides is 1. The van der Waals surface area contributed by atoms with E-state index in [1.807, 2.05) is 41.2 Å². The second-order valence-corrected chi connectivity index (χ2v) is 8.11. The third kappa shape index (κ3) is 4.42.